The molecule has 1 aliphatic rings. The van der Waals surface area contributed by atoms with Crippen LogP contribution in [0.15, 0.2) is 52.5 Å². The summed E-state index contributed by atoms with van der Waals surface area (Å²) in [6, 6.07) is 11.9. The van der Waals surface area contributed by atoms with Crippen LogP contribution in [0.4, 0.5) is 0 Å². The zero-order valence-electron chi connectivity index (χ0n) is 11.9. The van der Waals surface area contributed by atoms with Crippen molar-refractivity contribution in [3.63, 3.8) is 0 Å². The van der Waals surface area contributed by atoms with Crippen LogP contribution in [0.25, 0.3) is 10.4 Å². The summed E-state index contributed by atoms with van der Waals surface area (Å²) in [7, 11) is 0. The molecule has 0 N–H and O–H groups in total. The van der Waals surface area contributed by atoms with Crippen molar-refractivity contribution in [1.29, 1.82) is 0 Å². The van der Waals surface area contributed by atoms with Crippen LogP contribution in [-0.4, -0.2) is 22.5 Å². The fourth-order valence-electron chi connectivity index (χ4n) is 2.72. The van der Waals surface area contributed by atoms with Gasteiger partial charge in [-0.3, -0.25) is 4.79 Å². The highest BCUT2D eigenvalue weighted by molar-refractivity contribution is 7.13. The van der Waals surface area contributed by atoms with Crippen LogP contribution in [0.1, 0.15) is 21.7 Å². The zero-order chi connectivity index (χ0) is 14.9. The third-order valence-corrected chi connectivity index (χ3v) is 4.84. The number of carbonyl (C=O) groups is 1. The van der Waals surface area contributed by atoms with Crippen LogP contribution in [0.5, 0.6) is 0 Å². The number of rotatable bonds is 2. The van der Waals surface area contributed by atoms with Gasteiger partial charge in [0.15, 0.2) is 0 Å². The lowest BCUT2D eigenvalue weighted by atomic mass is 10.1. The van der Waals surface area contributed by atoms with Gasteiger partial charge in [-0.05, 0) is 29.1 Å². The minimum atomic E-state index is 0.0598. The molecule has 1 aliphatic heterocycles. The van der Waals surface area contributed by atoms with E-state index in [1.807, 2.05) is 35.2 Å². The lowest BCUT2D eigenvalue weighted by Gasteiger charge is -2.25. The molecule has 0 fully saturated rings. The fourth-order valence-corrected chi connectivity index (χ4v) is 3.45. The summed E-state index contributed by atoms with van der Waals surface area (Å²) in [6.07, 6.45) is 2.43. The lowest BCUT2D eigenvalue weighted by Crippen LogP contribution is -2.35. The van der Waals surface area contributed by atoms with Gasteiger partial charge in [-0.2, -0.15) is 0 Å². The van der Waals surface area contributed by atoms with Gasteiger partial charge in [-0.25, -0.2) is 0 Å². The summed E-state index contributed by atoms with van der Waals surface area (Å²) in [5.41, 5.74) is 2.88. The zero-order valence-corrected chi connectivity index (χ0v) is 12.7. The van der Waals surface area contributed by atoms with E-state index >= 15 is 0 Å². The Morgan fingerprint density at radius 1 is 1.23 bits per heavy atom. The molecule has 3 heterocycles. The largest absolute Gasteiger partial charge is 0.361 e. The number of fused-ring (bicyclic) bond motifs is 1. The smallest absolute Gasteiger partial charge is 0.254 e. The Labute approximate surface area is 132 Å². The molecule has 0 radical (unpaired) electrons. The van der Waals surface area contributed by atoms with E-state index in [1.165, 1.54) is 4.88 Å². The molecule has 3 aromatic rings. The number of nitrogens with zero attached hydrogens (tertiary/aromatic N) is 2. The lowest BCUT2D eigenvalue weighted by molar-refractivity contribution is 0.0729. The Hall–Kier alpha value is -2.40. The van der Waals surface area contributed by atoms with Gasteiger partial charge in [0.25, 0.3) is 5.91 Å². The first-order chi connectivity index (χ1) is 10.8. The van der Waals surface area contributed by atoms with E-state index in [0.717, 1.165) is 28.9 Å². The normalized spacial score (nSPS) is 13.9. The van der Waals surface area contributed by atoms with Crippen molar-refractivity contribution in [2.75, 3.05) is 6.54 Å². The van der Waals surface area contributed by atoms with E-state index in [4.69, 9.17) is 4.52 Å². The van der Waals surface area contributed by atoms with Crippen molar-refractivity contribution in [2.24, 2.45) is 0 Å². The molecule has 1 aromatic carbocycles. The van der Waals surface area contributed by atoms with Gasteiger partial charge in [0.2, 0.25) is 0 Å². The van der Waals surface area contributed by atoms with Crippen molar-refractivity contribution < 1.29 is 9.32 Å². The second-order valence-corrected chi connectivity index (χ2v) is 6.25. The van der Waals surface area contributed by atoms with Crippen molar-refractivity contribution in [3.8, 4) is 10.4 Å². The van der Waals surface area contributed by atoms with Crippen molar-refractivity contribution >= 4 is 17.2 Å². The minimum Gasteiger partial charge on any atom is -0.361 e. The molecule has 5 heteroatoms. The average Bonchev–Trinajstić information content (AvgIpc) is 3.25. The standard InChI is InChI=1S/C17H14N2O2S/c20-17(19-8-7-15-14(11-19)10-18-21-15)13-5-3-12(4-6-13)16-2-1-9-22-16/h1-6,9-10H,7-8,11H2. The molecular formula is C17H14N2O2S. The highest BCUT2D eigenvalue weighted by atomic mass is 32.1. The first-order valence-corrected chi connectivity index (χ1v) is 8.05. The van der Waals surface area contributed by atoms with Crippen LogP contribution >= 0.6 is 11.3 Å². The van der Waals surface area contributed by atoms with E-state index in [9.17, 15) is 4.79 Å². The van der Waals surface area contributed by atoms with Gasteiger partial charge >= 0.3 is 0 Å². The SMILES string of the molecule is O=C(c1ccc(-c2cccs2)cc1)N1CCc2oncc2C1. The third-order valence-electron chi connectivity index (χ3n) is 3.92. The summed E-state index contributed by atoms with van der Waals surface area (Å²) in [6.45, 7) is 1.25. The topological polar surface area (TPSA) is 46.3 Å². The number of thiophene rings is 1. The van der Waals surface area contributed by atoms with Crippen molar-refractivity contribution in [2.45, 2.75) is 13.0 Å². The number of hydrogen-bond donors (Lipinski definition) is 0. The Morgan fingerprint density at radius 2 is 2.09 bits per heavy atom. The van der Waals surface area contributed by atoms with Gasteiger partial charge in [0.05, 0.1) is 12.7 Å². The molecule has 0 atom stereocenters. The van der Waals surface area contributed by atoms with Crippen LogP contribution in [0, 0.1) is 0 Å². The number of carbonyl (C=O) groups excluding carboxylic acids is 1. The second kappa shape index (κ2) is 5.42. The summed E-state index contributed by atoms with van der Waals surface area (Å²) < 4.78 is 5.16. The van der Waals surface area contributed by atoms with Crippen LogP contribution in [0.2, 0.25) is 0 Å². The summed E-state index contributed by atoms with van der Waals surface area (Å²) >= 11 is 1.70. The molecular weight excluding hydrogens is 296 g/mol. The highest BCUT2D eigenvalue weighted by Gasteiger charge is 2.24. The fraction of sp³-hybridized carbons (Fsp3) is 0.176. The number of aromatic nitrogens is 1. The van der Waals surface area contributed by atoms with Crippen molar-refractivity contribution in [1.82, 2.24) is 10.1 Å². The third kappa shape index (κ3) is 2.33. The first-order valence-electron chi connectivity index (χ1n) is 7.17. The van der Waals surface area contributed by atoms with Gasteiger partial charge in [0.1, 0.15) is 5.76 Å². The van der Waals surface area contributed by atoms with Crippen LogP contribution in [-0.2, 0) is 13.0 Å². The molecule has 4 nitrogen and oxygen atoms in total. The minimum absolute atomic E-state index is 0.0598. The predicted octanol–water partition coefficient (Wildman–Crippen LogP) is 3.60. The molecule has 4 rings (SSSR count). The van der Waals surface area contributed by atoms with Crippen molar-refractivity contribution in [3.05, 3.63) is 64.9 Å². The van der Waals surface area contributed by atoms with E-state index in [1.54, 1.807) is 17.5 Å². The van der Waals surface area contributed by atoms with Crippen LogP contribution in [0.3, 0.4) is 0 Å². The first kappa shape index (κ1) is 13.3. The number of amides is 1. The average molecular weight is 310 g/mol. The van der Waals surface area contributed by atoms with Crippen LogP contribution < -0.4 is 0 Å². The van der Waals surface area contributed by atoms with E-state index in [-0.39, 0.29) is 5.91 Å². The molecule has 0 bridgehead atoms. The van der Waals surface area contributed by atoms with Gasteiger partial charge in [-0.15, -0.1) is 11.3 Å². The van der Waals surface area contributed by atoms with E-state index < -0.39 is 0 Å². The number of benzene rings is 1. The maximum atomic E-state index is 12.6. The highest BCUT2D eigenvalue weighted by Crippen LogP contribution is 2.25. The monoisotopic (exact) mass is 310 g/mol. The Morgan fingerprint density at radius 3 is 2.86 bits per heavy atom. The summed E-state index contributed by atoms with van der Waals surface area (Å²) in [5.74, 6) is 0.960. The van der Waals surface area contributed by atoms with Gasteiger partial charge in [-0.1, -0.05) is 23.4 Å². The molecule has 0 unspecified atom stereocenters. The maximum Gasteiger partial charge on any atom is 0.254 e. The molecule has 0 saturated heterocycles. The Balaban J connectivity index is 1.54. The van der Waals surface area contributed by atoms with E-state index in [0.29, 0.717) is 13.1 Å². The summed E-state index contributed by atoms with van der Waals surface area (Å²) in [5, 5.41) is 5.85. The molecule has 1 amide bonds. The molecule has 2 aromatic heterocycles. The molecule has 0 saturated carbocycles. The number of hydrogen-bond acceptors (Lipinski definition) is 4. The molecule has 0 spiro atoms. The maximum absolute atomic E-state index is 12.6. The predicted molar refractivity (Wildman–Crippen MR) is 84.7 cm³/mol. The van der Waals surface area contributed by atoms with Gasteiger partial charge in [0, 0.05) is 29.0 Å². The van der Waals surface area contributed by atoms with E-state index in [2.05, 4.69) is 16.6 Å². The Bertz CT molecular complexity index is 790. The quantitative estimate of drug-likeness (QED) is 0.726. The Kier molecular flexibility index (Phi) is 3.27. The molecule has 22 heavy (non-hydrogen) atoms. The van der Waals surface area contributed by atoms with Gasteiger partial charge < -0.3 is 9.42 Å². The summed E-state index contributed by atoms with van der Waals surface area (Å²) in [4.78, 5) is 15.7. The molecule has 0 aliphatic carbocycles. The molecule has 110 valence electrons. The second-order valence-electron chi connectivity index (χ2n) is 5.31.